The van der Waals surface area contributed by atoms with Gasteiger partial charge in [0.1, 0.15) is 5.76 Å². The number of furan rings is 1. The van der Waals surface area contributed by atoms with Crippen LogP contribution in [0, 0.1) is 0 Å². The number of hydrogen-bond acceptors (Lipinski definition) is 3. The van der Waals surface area contributed by atoms with Crippen LogP contribution in [0.2, 0.25) is 5.02 Å². The van der Waals surface area contributed by atoms with Gasteiger partial charge in [0.15, 0.2) is 0 Å². The number of hydrogen-bond donors (Lipinski definition) is 1. The minimum Gasteiger partial charge on any atom is -0.468 e. The van der Waals surface area contributed by atoms with E-state index in [2.05, 4.69) is 5.32 Å². The Morgan fingerprint density at radius 3 is 2.65 bits per heavy atom. The predicted octanol–water partition coefficient (Wildman–Crippen LogP) is 4.40. The Balaban J connectivity index is 1.49. The smallest absolute Gasteiger partial charge is 0.230 e. The molecule has 3 rings (SSSR count). The minimum absolute atomic E-state index is 0.143. The first-order chi connectivity index (χ1) is 11.2. The van der Waals surface area contributed by atoms with Gasteiger partial charge in [0.25, 0.3) is 0 Å². The molecule has 0 bridgehead atoms. The Bertz CT molecular complexity index is 636. The average Bonchev–Trinajstić information content (AvgIpc) is 3.01. The van der Waals surface area contributed by atoms with Gasteiger partial charge in [0, 0.05) is 17.3 Å². The maximum Gasteiger partial charge on any atom is 0.230 e. The third kappa shape index (κ3) is 3.75. The summed E-state index contributed by atoms with van der Waals surface area (Å²) in [7, 11) is 0. The normalized spacial score (nSPS) is 15.9. The lowest BCUT2D eigenvalue weighted by Gasteiger charge is -2.40. The van der Waals surface area contributed by atoms with Gasteiger partial charge >= 0.3 is 0 Å². The third-order valence-corrected chi connectivity index (χ3v) is 5.63. The first-order valence-electron chi connectivity index (χ1n) is 7.85. The molecule has 3 nitrogen and oxygen atoms in total. The number of carbonyl (C=O) groups excluding carboxylic acids is 1. The molecule has 1 aliphatic rings. The quantitative estimate of drug-likeness (QED) is 0.753. The van der Waals surface area contributed by atoms with E-state index in [9.17, 15) is 4.79 Å². The van der Waals surface area contributed by atoms with Crippen molar-refractivity contribution in [1.82, 2.24) is 5.32 Å². The molecule has 1 amide bonds. The fourth-order valence-electron chi connectivity index (χ4n) is 2.92. The number of nitrogens with one attached hydrogen (secondary N) is 1. The molecule has 0 radical (unpaired) electrons. The van der Waals surface area contributed by atoms with E-state index < -0.39 is 0 Å². The van der Waals surface area contributed by atoms with Gasteiger partial charge in [-0.15, -0.1) is 0 Å². The highest BCUT2D eigenvalue weighted by molar-refractivity contribution is 7.98. The molecule has 1 aliphatic carbocycles. The fraction of sp³-hybridized carbons (Fsp3) is 0.389. The predicted molar refractivity (Wildman–Crippen MR) is 94.9 cm³/mol. The van der Waals surface area contributed by atoms with Crippen molar-refractivity contribution >= 4 is 29.3 Å². The molecule has 0 saturated heterocycles. The van der Waals surface area contributed by atoms with E-state index in [1.165, 1.54) is 0 Å². The molecular weight excluding hydrogens is 330 g/mol. The first-order valence-corrected chi connectivity index (χ1v) is 9.38. The van der Waals surface area contributed by atoms with Crippen LogP contribution in [0.1, 0.15) is 30.6 Å². The lowest BCUT2D eigenvalue weighted by molar-refractivity contribution is -0.129. The lowest BCUT2D eigenvalue weighted by atomic mass is 9.64. The van der Waals surface area contributed by atoms with Crippen molar-refractivity contribution in [3.8, 4) is 0 Å². The van der Waals surface area contributed by atoms with Gasteiger partial charge in [0.2, 0.25) is 5.91 Å². The van der Waals surface area contributed by atoms with Gasteiger partial charge in [-0.25, -0.2) is 0 Å². The van der Waals surface area contributed by atoms with E-state index in [0.717, 1.165) is 42.1 Å². The van der Waals surface area contributed by atoms with Crippen LogP contribution in [0.5, 0.6) is 0 Å². The van der Waals surface area contributed by atoms with Gasteiger partial charge < -0.3 is 9.73 Å². The van der Waals surface area contributed by atoms with Crippen LogP contribution in [0.15, 0.2) is 47.1 Å². The molecule has 1 aromatic carbocycles. The van der Waals surface area contributed by atoms with Crippen LogP contribution in [0.25, 0.3) is 0 Å². The molecule has 1 heterocycles. The summed E-state index contributed by atoms with van der Waals surface area (Å²) >= 11 is 7.71. The maximum atomic E-state index is 12.7. The summed E-state index contributed by atoms with van der Waals surface area (Å²) < 4.78 is 5.29. The number of benzene rings is 1. The first kappa shape index (κ1) is 16.5. The van der Waals surface area contributed by atoms with Gasteiger partial charge in [-0.3, -0.25) is 4.79 Å². The Hall–Kier alpha value is -1.39. The maximum absolute atomic E-state index is 12.7. The van der Waals surface area contributed by atoms with Crippen LogP contribution in [0.3, 0.4) is 0 Å². The molecular formula is C18H20ClNO2S. The highest BCUT2D eigenvalue weighted by Gasteiger charge is 2.45. The second-order valence-corrected chi connectivity index (χ2v) is 7.37. The van der Waals surface area contributed by atoms with E-state index in [0.29, 0.717) is 11.6 Å². The monoisotopic (exact) mass is 349 g/mol. The second kappa shape index (κ2) is 7.45. The van der Waals surface area contributed by atoms with Crippen LogP contribution < -0.4 is 5.32 Å². The number of thioether (sulfide) groups is 1. The van der Waals surface area contributed by atoms with Gasteiger partial charge in [-0.05, 0) is 42.7 Å². The summed E-state index contributed by atoms with van der Waals surface area (Å²) in [6, 6.07) is 11.5. The zero-order valence-corrected chi connectivity index (χ0v) is 14.5. The SMILES string of the molecule is O=C(NCCSCc1ccco1)C1(c2ccc(Cl)cc2)CCC1. The number of amides is 1. The molecule has 1 saturated carbocycles. The van der Waals surface area contributed by atoms with Crippen LogP contribution >= 0.6 is 23.4 Å². The Morgan fingerprint density at radius 2 is 2.04 bits per heavy atom. The number of halogens is 1. The molecule has 0 atom stereocenters. The van der Waals surface area contributed by atoms with Crippen molar-refractivity contribution < 1.29 is 9.21 Å². The lowest BCUT2D eigenvalue weighted by Crippen LogP contribution is -2.49. The zero-order valence-electron chi connectivity index (χ0n) is 12.9. The highest BCUT2D eigenvalue weighted by Crippen LogP contribution is 2.44. The zero-order chi connectivity index (χ0) is 16.1. The van der Waals surface area contributed by atoms with E-state index in [-0.39, 0.29) is 11.3 Å². The molecule has 0 aliphatic heterocycles. The largest absolute Gasteiger partial charge is 0.468 e. The molecule has 1 fully saturated rings. The molecule has 1 aromatic heterocycles. The summed E-state index contributed by atoms with van der Waals surface area (Å²) in [5.74, 6) is 2.83. The van der Waals surface area contributed by atoms with E-state index in [1.807, 2.05) is 36.4 Å². The molecule has 23 heavy (non-hydrogen) atoms. The van der Waals surface area contributed by atoms with Crippen LogP contribution in [0.4, 0.5) is 0 Å². The molecule has 2 aromatic rings. The third-order valence-electron chi connectivity index (χ3n) is 4.39. The van der Waals surface area contributed by atoms with Crippen LogP contribution in [-0.2, 0) is 16.0 Å². The van der Waals surface area contributed by atoms with E-state index in [4.69, 9.17) is 16.0 Å². The summed E-state index contributed by atoms with van der Waals surface area (Å²) in [6.45, 7) is 0.680. The Labute approximate surface area is 145 Å². The molecule has 5 heteroatoms. The minimum atomic E-state index is -0.351. The second-order valence-electron chi connectivity index (χ2n) is 5.83. The van der Waals surface area contributed by atoms with Crippen molar-refractivity contribution in [2.45, 2.75) is 30.4 Å². The average molecular weight is 350 g/mol. The van der Waals surface area contributed by atoms with Crippen molar-refractivity contribution in [2.75, 3.05) is 12.3 Å². The molecule has 122 valence electrons. The van der Waals surface area contributed by atoms with Crippen LogP contribution in [-0.4, -0.2) is 18.2 Å². The molecule has 1 N–H and O–H groups in total. The van der Waals surface area contributed by atoms with E-state index >= 15 is 0 Å². The highest BCUT2D eigenvalue weighted by atomic mass is 35.5. The number of rotatable bonds is 7. The Morgan fingerprint density at radius 1 is 1.26 bits per heavy atom. The van der Waals surface area contributed by atoms with Crippen molar-refractivity contribution in [2.24, 2.45) is 0 Å². The Kier molecular flexibility index (Phi) is 5.34. The van der Waals surface area contributed by atoms with Gasteiger partial charge in [-0.1, -0.05) is 30.2 Å². The summed E-state index contributed by atoms with van der Waals surface area (Å²) in [5, 5.41) is 3.80. The topological polar surface area (TPSA) is 42.2 Å². The summed E-state index contributed by atoms with van der Waals surface area (Å²) in [5.41, 5.74) is 0.727. The summed E-state index contributed by atoms with van der Waals surface area (Å²) in [4.78, 5) is 12.7. The van der Waals surface area contributed by atoms with Crippen molar-refractivity contribution in [1.29, 1.82) is 0 Å². The van der Waals surface area contributed by atoms with Crippen molar-refractivity contribution in [3.05, 3.63) is 59.0 Å². The molecule has 0 unspecified atom stereocenters. The summed E-state index contributed by atoms with van der Waals surface area (Å²) in [6.07, 6.45) is 4.62. The van der Waals surface area contributed by atoms with Crippen molar-refractivity contribution in [3.63, 3.8) is 0 Å². The molecule has 0 spiro atoms. The fourth-order valence-corrected chi connectivity index (χ4v) is 3.80. The van der Waals surface area contributed by atoms with Gasteiger partial charge in [-0.2, -0.15) is 11.8 Å². The van der Waals surface area contributed by atoms with Gasteiger partial charge in [0.05, 0.1) is 17.4 Å². The van der Waals surface area contributed by atoms with E-state index in [1.54, 1.807) is 18.0 Å². The standard InChI is InChI=1S/C18H20ClNO2S/c19-15-6-4-14(5-7-15)18(8-2-9-18)17(21)20-10-12-23-13-16-3-1-11-22-16/h1,3-7,11H,2,8-10,12-13H2,(H,20,21). The number of carbonyl (C=O) groups is 1.